The van der Waals surface area contributed by atoms with Crippen molar-refractivity contribution in [3.05, 3.63) is 54.1 Å². The van der Waals surface area contributed by atoms with Gasteiger partial charge in [-0.2, -0.15) is 0 Å². The minimum atomic E-state index is -0.244. The molecule has 0 spiro atoms. The second-order valence-corrected chi connectivity index (χ2v) is 5.63. The lowest BCUT2D eigenvalue weighted by atomic mass is 9.82. The summed E-state index contributed by atoms with van der Waals surface area (Å²) >= 11 is 0. The standard InChI is InChI=1S/C18H19NO4/c1-23-15-8-4-13(5-9-15)19-17(11-20)16(18(19)22)10-12-2-6-14(21)7-3-12/h2-9,16-17,20-21H,10-11H2,1H3/t16-,17+/m0/s1. The van der Waals surface area contributed by atoms with Crippen LogP contribution in [0.2, 0.25) is 0 Å². The van der Waals surface area contributed by atoms with E-state index in [2.05, 4.69) is 0 Å². The highest BCUT2D eigenvalue weighted by Crippen LogP contribution is 2.35. The third-order valence-corrected chi connectivity index (χ3v) is 4.28. The van der Waals surface area contributed by atoms with Crippen LogP contribution in [0.4, 0.5) is 5.69 Å². The summed E-state index contributed by atoms with van der Waals surface area (Å²) in [5.41, 5.74) is 1.73. The molecule has 0 aromatic heterocycles. The molecule has 1 saturated heterocycles. The lowest BCUT2D eigenvalue weighted by Crippen LogP contribution is -2.63. The molecule has 0 saturated carbocycles. The predicted octanol–water partition coefficient (Wildman–Crippen LogP) is 1.97. The van der Waals surface area contributed by atoms with Crippen LogP contribution in [0.5, 0.6) is 11.5 Å². The maximum Gasteiger partial charge on any atom is 0.232 e. The first-order valence-electron chi connectivity index (χ1n) is 7.50. The monoisotopic (exact) mass is 313 g/mol. The van der Waals surface area contributed by atoms with Gasteiger partial charge in [-0.3, -0.25) is 4.79 Å². The molecule has 2 aromatic carbocycles. The number of β-lactam (4-membered cyclic amide) rings is 1. The molecule has 1 heterocycles. The first-order chi connectivity index (χ1) is 11.1. The molecule has 3 rings (SSSR count). The number of nitrogens with zero attached hydrogens (tertiary/aromatic N) is 1. The van der Waals surface area contributed by atoms with E-state index >= 15 is 0 Å². The number of amides is 1. The molecule has 0 radical (unpaired) electrons. The summed E-state index contributed by atoms with van der Waals surface area (Å²) in [6, 6.07) is 13.8. The molecule has 0 aliphatic carbocycles. The van der Waals surface area contributed by atoms with Crippen LogP contribution < -0.4 is 9.64 Å². The smallest absolute Gasteiger partial charge is 0.232 e. The minimum Gasteiger partial charge on any atom is -0.508 e. The Bertz CT molecular complexity index is 681. The molecule has 1 fully saturated rings. The van der Waals surface area contributed by atoms with Crippen LogP contribution in [-0.4, -0.2) is 35.9 Å². The van der Waals surface area contributed by atoms with Crippen molar-refractivity contribution in [2.24, 2.45) is 5.92 Å². The molecule has 2 N–H and O–H groups in total. The average Bonchev–Trinajstić information content (AvgIpc) is 2.59. The molecule has 5 nitrogen and oxygen atoms in total. The number of aliphatic hydroxyl groups is 1. The molecule has 0 unspecified atom stereocenters. The second-order valence-electron chi connectivity index (χ2n) is 5.63. The molecule has 1 amide bonds. The van der Waals surface area contributed by atoms with Gasteiger partial charge in [0.2, 0.25) is 5.91 Å². The van der Waals surface area contributed by atoms with E-state index in [0.717, 1.165) is 17.0 Å². The van der Waals surface area contributed by atoms with E-state index < -0.39 is 0 Å². The van der Waals surface area contributed by atoms with Gasteiger partial charge in [0, 0.05) is 5.69 Å². The van der Waals surface area contributed by atoms with Crippen LogP contribution in [0.25, 0.3) is 0 Å². The van der Waals surface area contributed by atoms with E-state index in [1.807, 2.05) is 12.1 Å². The average molecular weight is 313 g/mol. The summed E-state index contributed by atoms with van der Waals surface area (Å²) in [4.78, 5) is 14.1. The number of phenolic OH excluding ortho intramolecular Hbond substituents is 1. The van der Waals surface area contributed by atoms with E-state index in [4.69, 9.17) is 4.74 Å². The number of hydrogen-bond donors (Lipinski definition) is 2. The van der Waals surface area contributed by atoms with Crippen LogP contribution in [0.15, 0.2) is 48.5 Å². The van der Waals surface area contributed by atoms with Crippen LogP contribution in [-0.2, 0) is 11.2 Å². The summed E-state index contributed by atoms with van der Waals surface area (Å²) in [6.45, 7) is -0.0828. The summed E-state index contributed by atoms with van der Waals surface area (Å²) in [5.74, 6) is 0.684. The number of rotatable bonds is 5. The number of aliphatic hydroxyl groups excluding tert-OH is 1. The molecule has 2 atom stereocenters. The Labute approximate surface area is 134 Å². The van der Waals surface area contributed by atoms with Gasteiger partial charge >= 0.3 is 0 Å². The zero-order chi connectivity index (χ0) is 16.4. The van der Waals surface area contributed by atoms with Crippen LogP contribution in [0.1, 0.15) is 5.56 Å². The van der Waals surface area contributed by atoms with Crippen molar-refractivity contribution in [1.82, 2.24) is 0 Å². The summed E-state index contributed by atoms with van der Waals surface area (Å²) in [7, 11) is 1.59. The molecule has 2 aromatic rings. The van der Waals surface area contributed by atoms with Gasteiger partial charge in [0.05, 0.1) is 25.7 Å². The maximum absolute atomic E-state index is 12.5. The first-order valence-corrected chi connectivity index (χ1v) is 7.50. The number of aromatic hydroxyl groups is 1. The van der Waals surface area contributed by atoms with Gasteiger partial charge in [-0.15, -0.1) is 0 Å². The molecule has 1 aliphatic rings. The Hall–Kier alpha value is -2.53. The summed E-state index contributed by atoms with van der Waals surface area (Å²) in [5, 5.41) is 19.0. The Morgan fingerprint density at radius 2 is 1.74 bits per heavy atom. The Morgan fingerprint density at radius 3 is 2.30 bits per heavy atom. The number of carbonyl (C=O) groups is 1. The van der Waals surface area contributed by atoms with Gasteiger partial charge in [-0.05, 0) is 48.4 Å². The maximum atomic E-state index is 12.5. The van der Waals surface area contributed by atoms with E-state index in [9.17, 15) is 15.0 Å². The topological polar surface area (TPSA) is 70.0 Å². The fourth-order valence-corrected chi connectivity index (χ4v) is 2.98. The van der Waals surface area contributed by atoms with Crippen LogP contribution in [0.3, 0.4) is 0 Å². The molecule has 1 aliphatic heterocycles. The minimum absolute atomic E-state index is 0.00212. The first kappa shape index (κ1) is 15.4. The zero-order valence-corrected chi connectivity index (χ0v) is 12.8. The molecule has 5 heteroatoms. The van der Waals surface area contributed by atoms with E-state index in [0.29, 0.717) is 6.42 Å². The SMILES string of the molecule is COc1ccc(N2C(=O)[C@@H](Cc3ccc(O)cc3)[C@H]2CO)cc1. The third kappa shape index (κ3) is 2.87. The molecular weight excluding hydrogens is 294 g/mol. The molecular formula is C18H19NO4. The molecule has 23 heavy (non-hydrogen) atoms. The zero-order valence-electron chi connectivity index (χ0n) is 12.8. The van der Waals surface area contributed by atoms with Crippen molar-refractivity contribution in [1.29, 1.82) is 0 Å². The van der Waals surface area contributed by atoms with Crippen molar-refractivity contribution in [3.8, 4) is 11.5 Å². The van der Waals surface area contributed by atoms with Crippen molar-refractivity contribution in [3.63, 3.8) is 0 Å². The van der Waals surface area contributed by atoms with Gasteiger partial charge in [0.15, 0.2) is 0 Å². The number of hydrogen-bond acceptors (Lipinski definition) is 4. The summed E-state index contributed by atoms with van der Waals surface area (Å²) < 4.78 is 5.12. The van der Waals surface area contributed by atoms with Gasteiger partial charge in [-0.1, -0.05) is 12.1 Å². The van der Waals surface area contributed by atoms with E-state index in [1.165, 1.54) is 0 Å². The van der Waals surface area contributed by atoms with Crippen molar-refractivity contribution < 1.29 is 19.7 Å². The molecule has 0 bridgehead atoms. The number of carbonyl (C=O) groups excluding carboxylic acids is 1. The van der Waals surface area contributed by atoms with Gasteiger partial charge in [0.25, 0.3) is 0 Å². The number of benzene rings is 2. The van der Waals surface area contributed by atoms with Crippen LogP contribution in [0, 0.1) is 5.92 Å². The summed E-state index contributed by atoms with van der Waals surface area (Å²) in [6.07, 6.45) is 0.553. The number of methoxy groups -OCH3 is 1. The highest BCUT2D eigenvalue weighted by atomic mass is 16.5. The largest absolute Gasteiger partial charge is 0.508 e. The fraction of sp³-hybridized carbons (Fsp3) is 0.278. The lowest BCUT2D eigenvalue weighted by molar-refractivity contribution is -0.131. The van der Waals surface area contributed by atoms with Crippen molar-refractivity contribution in [2.45, 2.75) is 12.5 Å². The van der Waals surface area contributed by atoms with Crippen LogP contribution >= 0.6 is 0 Å². The second kappa shape index (κ2) is 6.30. The van der Waals surface area contributed by atoms with Gasteiger partial charge < -0.3 is 19.8 Å². The highest BCUT2D eigenvalue weighted by Gasteiger charge is 2.47. The Morgan fingerprint density at radius 1 is 1.09 bits per heavy atom. The normalized spacial score (nSPS) is 20.3. The van der Waals surface area contributed by atoms with Crippen molar-refractivity contribution in [2.75, 3.05) is 18.6 Å². The predicted molar refractivity (Wildman–Crippen MR) is 86.7 cm³/mol. The number of anilines is 1. The lowest BCUT2D eigenvalue weighted by Gasteiger charge is -2.46. The Balaban J connectivity index is 1.75. The van der Waals surface area contributed by atoms with Crippen molar-refractivity contribution >= 4 is 11.6 Å². The quantitative estimate of drug-likeness (QED) is 0.828. The van der Waals surface area contributed by atoms with E-state index in [1.54, 1.807) is 48.4 Å². The highest BCUT2D eigenvalue weighted by molar-refractivity contribution is 6.03. The number of phenols is 1. The fourth-order valence-electron chi connectivity index (χ4n) is 2.98. The van der Waals surface area contributed by atoms with E-state index in [-0.39, 0.29) is 30.2 Å². The Kier molecular flexibility index (Phi) is 4.21. The number of ether oxygens (including phenoxy) is 1. The van der Waals surface area contributed by atoms with Gasteiger partial charge in [0.1, 0.15) is 11.5 Å². The third-order valence-electron chi connectivity index (χ3n) is 4.28. The van der Waals surface area contributed by atoms with Gasteiger partial charge in [-0.25, -0.2) is 0 Å². The molecule has 120 valence electrons.